The molecule has 1 heterocycles. The molecule has 4 N–H and O–H groups in total. The van der Waals surface area contributed by atoms with Crippen LogP contribution in [0.1, 0.15) is 32.2 Å². The number of anilines is 1. The molecule has 4 nitrogen and oxygen atoms in total. The van der Waals surface area contributed by atoms with Gasteiger partial charge >= 0.3 is 6.18 Å². The topological polar surface area (TPSA) is 69.9 Å². The zero-order valence-electron chi connectivity index (χ0n) is 12.0. The van der Waals surface area contributed by atoms with Crippen LogP contribution in [0.2, 0.25) is 0 Å². The smallest absolute Gasteiger partial charge is 0.382 e. The van der Waals surface area contributed by atoms with Crippen molar-refractivity contribution in [3.05, 3.63) is 35.7 Å². The van der Waals surface area contributed by atoms with E-state index in [-0.39, 0.29) is 17.1 Å². The lowest BCUT2D eigenvalue weighted by molar-refractivity contribution is -0.137. The summed E-state index contributed by atoms with van der Waals surface area (Å²) < 4.78 is 40.4. The number of nitrogens with two attached hydrogens (primary N) is 2. The Bertz CT molecular complexity index is 666. The molecule has 0 atom stereocenters. The second-order valence-electron chi connectivity index (χ2n) is 5.83. The fourth-order valence-corrected chi connectivity index (χ4v) is 2.11. The predicted molar refractivity (Wildman–Crippen MR) is 75.9 cm³/mol. The van der Waals surface area contributed by atoms with Gasteiger partial charge in [0.25, 0.3) is 0 Å². The maximum atomic E-state index is 13.1. The van der Waals surface area contributed by atoms with Crippen molar-refractivity contribution >= 4 is 5.82 Å². The first-order valence-electron chi connectivity index (χ1n) is 6.34. The van der Waals surface area contributed by atoms with Crippen molar-refractivity contribution in [2.24, 2.45) is 0 Å². The van der Waals surface area contributed by atoms with Gasteiger partial charge in [-0.05, 0) is 6.07 Å². The summed E-state index contributed by atoms with van der Waals surface area (Å²) in [5, 5.41) is 0. The Morgan fingerprint density at radius 3 is 2.14 bits per heavy atom. The van der Waals surface area contributed by atoms with Gasteiger partial charge in [0.05, 0.1) is 5.56 Å². The monoisotopic (exact) mass is 298 g/mol. The number of alkyl halides is 3. The SMILES string of the molecule is CC(C)(C)c1nc(-c2ccccc2C(F)(F)F)c(N)n1N. The molecule has 0 bridgehead atoms. The lowest BCUT2D eigenvalue weighted by Crippen LogP contribution is -2.24. The highest BCUT2D eigenvalue weighted by molar-refractivity contribution is 5.74. The molecule has 0 unspecified atom stereocenters. The van der Waals surface area contributed by atoms with Crippen LogP contribution in [0.25, 0.3) is 11.3 Å². The Labute approximate surface area is 120 Å². The van der Waals surface area contributed by atoms with Crippen molar-refractivity contribution in [1.82, 2.24) is 9.66 Å². The molecule has 0 aliphatic rings. The minimum Gasteiger partial charge on any atom is -0.382 e. The third-order valence-corrected chi connectivity index (χ3v) is 3.11. The molecule has 0 aliphatic heterocycles. The number of benzene rings is 1. The van der Waals surface area contributed by atoms with E-state index < -0.39 is 17.2 Å². The quantitative estimate of drug-likeness (QED) is 0.794. The highest BCUT2D eigenvalue weighted by atomic mass is 19.4. The van der Waals surface area contributed by atoms with Gasteiger partial charge in [0.15, 0.2) is 5.82 Å². The van der Waals surface area contributed by atoms with Crippen LogP contribution in [0.3, 0.4) is 0 Å². The van der Waals surface area contributed by atoms with Gasteiger partial charge in [0, 0.05) is 11.0 Å². The van der Waals surface area contributed by atoms with E-state index >= 15 is 0 Å². The first-order chi connectivity index (χ1) is 9.53. The van der Waals surface area contributed by atoms with Crippen LogP contribution in [0.4, 0.5) is 19.0 Å². The molecular weight excluding hydrogens is 281 g/mol. The van der Waals surface area contributed by atoms with Crippen molar-refractivity contribution in [3.8, 4) is 11.3 Å². The highest BCUT2D eigenvalue weighted by Gasteiger charge is 2.35. The number of hydrogen-bond acceptors (Lipinski definition) is 3. The second kappa shape index (κ2) is 4.68. The standard InChI is InChI=1S/C14H17F3N4/c1-13(2,3)12-20-10(11(18)21(12)19)8-6-4-5-7-9(8)14(15,16)17/h4-7H,18-19H2,1-3H3. The van der Waals surface area contributed by atoms with Crippen molar-refractivity contribution in [2.75, 3.05) is 11.6 Å². The van der Waals surface area contributed by atoms with Crippen LogP contribution in [0.5, 0.6) is 0 Å². The van der Waals surface area contributed by atoms with E-state index in [1.165, 1.54) is 18.2 Å². The number of imidazole rings is 1. The van der Waals surface area contributed by atoms with Gasteiger partial charge in [-0.15, -0.1) is 0 Å². The lowest BCUT2D eigenvalue weighted by Gasteiger charge is -2.17. The molecule has 114 valence electrons. The Kier molecular flexibility index (Phi) is 3.39. The Hall–Kier alpha value is -2.18. The molecule has 0 amide bonds. The molecule has 2 aromatic rings. The van der Waals surface area contributed by atoms with E-state index in [0.717, 1.165) is 10.7 Å². The van der Waals surface area contributed by atoms with Crippen molar-refractivity contribution in [3.63, 3.8) is 0 Å². The van der Waals surface area contributed by atoms with Crippen LogP contribution in [0.15, 0.2) is 24.3 Å². The van der Waals surface area contributed by atoms with Crippen LogP contribution >= 0.6 is 0 Å². The van der Waals surface area contributed by atoms with Gasteiger partial charge in [-0.2, -0.15) is 13.2 Å². The molecule has 1 aromatic heterocycles. The molecular formula is C14H17F3N4. The number of rotatable bonds is 1. The van der Waals surface area contributed by atoms with Crippen molar-refractivity contribution < 1.29 is 13.2 Å². The number of nitrogen functional groups attached to an aromatic ring is 2. The summed E-state index contributed by atoms with van der Waals surface area (Å²) in [4.78, 5) is 4.24. The molecule has 0 spiro atoms. The van der Waals surface area contributed by atoms with Crippen LogP contribution in [-0.4, -0.2) is 9.66 Å². The highest BCUT2D eigenvalue weighted by Crippen LogP contribution is 2.39. The lowest BCUT2D eigenvalue weighted by atomic mass is 9.96. The van der Waals surface area contributed by atoms with E-state index in [9.17, 15) is 13.2 Å². The largest absolute Gasteiger partial charge is 0.417 e. The second-order valence-corrected chi connectivity index (χ2v) is 5.83. The van der Waals surface area contributed by atoms with Crippen LogP contribution in [-0.2, 0) is 11.6 Å². The van der Waals surface area contributed by atoms with Gasteiger partial charge in [0.2, 0.25) is 0 Å². The van der Waals surface area contributed by atoms with Crippen LogP contribution < -0.4 is 11.6 Å². The first-order valence-corrected chi connectivity index (χ1v) is 6.34. The third kappa shape index (κ3) is 2.68. The van der Waals surface area contributed by atoms with Gasteiger partial charge in [-0.25, -0.2) is 9.66 Å². The Morgan fingerprint density at radius 2 is 1.67 bits per heavy atom. The average molecular weight is 298 g/mol. The van der Waals surface area contributed by atoms with Gasteiger partial charge in [0.1, 0.15) is 11.5 Å². The minimum absolute atomic E-state index is 0.0108. The normalized spacial score (nSPS) is 12.7. The number of halogens is 3. The maximum absolute atomic E-state index is 13.1. The molecule has 0 fully saturated rings. The number of nitrogens with zero attached hydrogens (tertiary/aromatic N) is 2. The average Bonchev–Trinajstić information content (AvgIpc) is 2.65. The zero-order chi connectivity index (χ0) is 16.0. The fourth-order valence-electron chi connectivity index (χ4n) is 2.11. The molecule has 0 saturated heterocycles. The molecule has 7 heteroatoms. The third-order valence-electron chi connectivity index (χ3n) is 3.11. The molecule has 2 rings (SSSR count). The summed E-state index contributed by atoms with van der Waals surface area (Å²) in [7, 11) is 0. The van der Waals surface area contributed by atoms with E-state index in [4.69, 9.17) is 11.6 Å². The summed E-state index contributed by atoms with van der Waals surface area (Å²) in [6, 6.07) is 5.18. The van der Waals surface area contributed by atoms with Crippen molar-refractivity contribution in [2.45, 2.75) is 32.4 Å². The van der Waals surface area contributed by atoms with E-state index in [2.05, 4.69) is 4.98 Å². The fraction of sp³-hybridized carbons (Fsp3) is 0.357. The van der Waals surface area contributed by atoms with E-state index in [0.29, 0.717) is 5.82 Å². The van der Waals surface area contributed by atoms with Gasteiger partial charge < -0.3 is 11.6 Å². The predicted octanol–water partition coefficient (Wildman–Crippen LogP) is 3.16. The van der Waals surface area contributed by atoms with E-state index in [1.54, 1.807) is 0 Å². The summed E-state index contributed by atoms with van der Waals surface area (Å²) in [6.07, 6.45) is -4.48. The van der Waals surface area contributed by atoms with Gasteiger partial charge in [-0.3, -0.25) is 0 Å². The number of aromatic nitrogens is 2. The van der Waals surface area contributed by atoms with Gasteiger partial charge in [-0.1, -0.05) is 39.0 Å². The first kappa shape index (κ1) is 15.2. The summed E-state index contributed by atoms with van der Waals surface area (Å²) >= 11 is 0. The summed E-state index contributed by atoms with van der Waals surface area (Å²) in [6.45, 7) is 5.58. The Balaban J connectivity index is 2.70. The molecule has 21 heavy (non-hydrogen) atoms. The molecule has 0 aliphatic carbocycles. The molecule has 1 aromatic carbocycles. The molecule has 0 saturated carbocycles. The minimum atomic E-state index is -4.48. The van der Waals surface area contributed by atoms with Crippen molar-refractivity contribution in [1.29, 1.82) is 0 Å². The van der Waals surface area contributed by atoms with Crippen LogP contribution in [0, 0.1) is 0 Å². The maximum Gasteiger partial charge on any atom is 0.417 e. The summed E-state index contributed by atoms with van der Waals surface area (Å²) in [5.41, 5.74) is 4.61. The zero-order valence-corrected chi connectivity index (χ0v) is 12.0. The summed E-state index contributed by atoms with van der Waals surface area (Å²) in [5.74, 6) is 6.27. The van der Waals surface area contributed by atoms with E-state index in [1.807, 2.05) is 20.8 Å². The Morgan fingerprint density at radius 1 is 1.10 bits per heavy atom. The molecule has 0 radical (unpaired) electrons. The number of hydrogen-bond donors (Lipinski definition) is 2.